The van der Waals surface area contributed by atoms with Gasteiger partial charge in [0.15, 0.2) is 0 Å². The second-order valence-electron chi connectivity index (χ2n) is 8.13. The maximum absolute atomic E-state index is 13.2. The van der Waals surface area contributed by atoms with Crippen LogP contribution in [0.3, 0.4) is 0 Å². The van der Waals surface area contributed by atoms with Crippen molar-refractivity contribution in [2.75, 3.05) is 4.90 Å². The number of benzene rings is 3. The Kier molecular flexibility index (Phi) is 8.17. The zero-order chi connectivity index (χ0) is 24.3. The number of aromatic nitrogens is 1. The molecule has 1 heterocycles. The first-order valence-electron chi connectivity index (χ1n) is 11.5. The van der Waals surface area contributed by atoms with Crippen molar-refractivity contribution >= 4 is 23.6 Å². The molecule has 0 aliphatic rings. The van der Waals surface area contributed by atoms with E-state index in [1.165, 1.54) is 0 Å². The highest BCUT2D eigenvalue weighted by Gasteiger charge is 2.14. The Balaban J connectivity index is 1.45. The third-order valence-electron chi connectivity index (χ3n) is 5.52. The Morgan fingerprint density at radius 1 is 0.743 bits per heavy atom. The molecule has 2 amide bonds. The predicted octanol–water partition coefficient (Wildman–Crippen LogP) is 5.19. The number of amides is 2. The molecule has 174 valence electrons. The van der Waals surface area contributed by atoms with Crippen molar-refractivity contribution in [1.29, 1.82) is 0 Å². The summed E-state index contributed by atoms with van der Waals surface area (Å²) in [5.74, 6) is -0.168. The number of nitrogens with one attached hydrogen (secondary N) is 1. The SMILES string of the molecule is O=C(Cc1ccc(N(Cc2ccccc2)C(=O)/C=C/c2ccccc2)cc1)NCc1ccncc1. The maximum Gasteiger partial charge on any atom is 0.251 e. The highest BCUT2D eigenvalue weighted by molar-refractivity contribution is 6.03. The van der Waals surface area contributed by atoms with E-state index in [1.807, 2.05) is 103 Å². The normalized spacial score (nSPS) is 10.7. The maximum atomic E-state index is 13.2. The van der Waals surface area contributed by atoms with Crippen molar-refractivity contribution in [3.63, 3.8) is 0 Å². The van der Waals surface area contributed by atoms with Crippen molar-refractivity contribution in [2.24, 2.45) is 0 Å². The Labute approximate surface area is 205 Å². The van der Waals surface area contributed by atoms with Crippen LogP contribution in [0.5, 0.6) is 0 Å². The molecule has 1 aromatic heterocycles. The van der Waals surface area contributed by atoms with Crippen LogP contribution in [-0.4, -0.2) is 16.8 Å². The molecule has 0 radical (unpaired) electrons. The molecule has 5 nitrogen and oxygen atoms in total. The van der Waals surface area contributed by atoms with Crippen LogP contribution in [0.1, 0.15) is 22.3 Å². The van der Waals surface area contributed by atoms with Gasteiger partial charge in [0.25, 0.3) is 5.91 Å². The van der Waals surface area contributed by atoms with Crippen LogP contribution in [0.2, 0.25) is 0 Å². The zero-order valence-electron chi connectivity index (χ0n) is 19.4. The number of carbonyl (C=O) groups excluding carboxylic acids is 2. The summed E-state index contributed by atoms with van der Waals surface area (Å²) in [5.41, 5.74) is 4.66. The number of carbonyl (C=O) groups is 2. The molecule has 0 saturated carbocycles. The number of pyridine rings is 1. The first kappa shape index (κ1) is 23.6. The van der Waals surface area contributed by atoms with Crippen molar-refractivity contribution in [2.45, 2.75) is 19.5 Å². The molecule has 5 heteroatoms. The van der Waals surface area contributed by atoms with Crippen molar-refractivity contribution in [3.8, 4) is 0 Å². The largest absolute Gasteiger partial charge is 0.352 e. The van der Waals surface area contributed by atoms with Crippen LogP contribution in [0, 0.1) is 0 Å². The summed E-state index contributed by atoms with van der Waals surface area (Å²) in [6.45, 7) is 0.914. The summed E-state index contributed by atoms with van der Waals surface area (Å²) in [7, 11) is 0. The van der Waals surface area contributed by atoms with Crippen molar-refractivity contribution in [1.82, 2.24) is 10.3 Å². The lowest BCUT2D eigenvalue weighted by molar-refractivity contribution is -0.120. The summed E-state index contributed by atoms with van der Waals surface area (Å²) in [5, 5.41) is 2.93. The van der Waals surface area contributed by atoms with E-state index in [4.69, 9.17) is 0 Å². The quantitative estimate of drug-likeness (QED) is 0.349. The summed E-state index contributed by atoms with van der Waals surface area (Å²) in [6, 6.07) is 31.0. The van der Waals surface area contributed by atoms with Gasteiger partial charge in [0.2, 0.25) is 5.91 Å². The molecule has 35 heavy (non-hydrogen) atoms. The van der Waals surface area contributed by atoms with E-state index in [0.717, 1.165) is 27.9 Å². The fraction of sp³-hybridized carbons (Fsp3) is 0.100. The van der Waals surface area contributed by atoms with E-state index in [-0.39, 0.29) is 18.2 Å². The zero-order valence-corrected chi connectivity index (χ0v) is 19.4. The summed E-state index contributed by atoms with van der Waals surface area (Å²) < 4.78 is 0. The molecule has 0 unspecified atom stereocenters. The van der Waals surface area contributed by atoms with E-state index in [1.54, 1.807) is 23.4 Å². The van der Waals surface area contributed by atoms with E-state index < -0.39 is 0 Å². The topological polar surface area (TPSA) is 62.3 Å². The Morgan fingerprint density at radius 2 is 1.40 bits per heavy atom. The molecule has 0 atom stereocenters. The van der Waals surface area contributed by atoms with Gasteiger partial charge in [0.1, 0.15) is 0 Å². The predicted molar refractivity (Wildman–Crippen MR) is 139 cm³/mol. The number of hydrogen-bond acceptors (Lipinski definition) is 3. The fourth-order valence-corrected chi connectivity index (χ4v) is 3.63. The second-order valence-corrected chi connectivity index (χ2v) is 8.13. The fourth-order valence-electron chi connectivity index (χ4n) is 3.63. The first-order chi connectivity index (χ1) is 17.2. The molecule has 1 N–H and O–H groups in total. The van der Waals surface area contributed by atoms with Gasteiger partial charge in [-0.2, -0.15) is 0 Å². The number of rotatable bonds is 9. The summed E-state index contributed by atoms with van der Waals surface area (Å²) in [4.78, 5) is 31.3. The molecule has 0 aliphatic heterocycles. The molecule has 0 aliphatic carbocycles. The number of hydrogen-bond donors (Lipinski definition) is 1. The monoisotopic (exact) mass is 461 g/mol. The average molecular weight is 462 g/mol. The smallest absolute Gasteiger partial charge is 0.251 e. The second kappa shape index (κ2) is 12.1. The van der Waals surface area contributed by atoms with Gasteiger partial charge in [-0.25, -0.2) is 0 Å². The van der Waals surface area contributed by atoms with Crippen LogP contribution in [0.15, 0.2) is 116 Å². The van der Waals surface area contributed by atoms with Gasteiger partial charge in [-0.15, -0.1) is 0 Å². The lowest BCUT2D eigenvalue weighted by atomic mass is 10.1. The van der Waals surface area contributed by atoms with Gasteiger partial charge < -0.3 is 10.2 Å². The summed E-state index contributed by atoms with van der Waals surface area (Å²) >= 11 is 0. The molecule has 3 aromatic carbocycles. The van der Waals surface area contributed by atoms with Gasteiger partial charge in [-0.1, -0.05) is 72.8 Å². The van der Waals surface area contributed by atoms with Crippen LogP contribution in [0.25, 0.3) is 6.08 Å². The minimum Gasteiger partial charge on any atom is -0.352 e. The lowest BCUT2D eigenvalue weighted by Crippen LogP contribution is -2.28. The Morgan fingerprint density at radius 3 is 2.09 bits per heavy atom. The first-order valence-corrected chi connectivity index (χ1v) is 11.5. The third-order valence-corrected chi connectivity index (χ3v) is 5.52. The van der Waals surface area contributed by atoms with Crippen LogP contribution in [-0.2, 0) is 29.1 Å². The minimum atomic E-state index is -0.111. The Hall–Kier alpha value is -4.51. The van der Waals surface area contributed by atoms with E-state index in [0.29, 0.717) is 13.1 Å². The van der Waals surface area contributed by atoms with Gasteiger partial charge in [-0.3, -0.25) is 14.6 Å². The standard InChI is InChI=1S/C30H27N3O2/c34-29(32-22-26-17-19-31-20-18-26)21-25-11-14-28(15-12-25)33(23-27-9-5-2-6-10-27)30(35)16-13-24-7-3-1-4-8-24/h1-20H,21-23H2,(H,32,34)/b16-13+. The van der Waals surface area contributed by atoms with Crippen molar-refractivity contribution < 1.29 is 9.59 Å². The highest BCUT2D eigenvalue weighted by atomic mass is 16.2. The molecule has 0 spiro atoms. The van der Waals surface area contributed by atoms with Gasteiger partial charge in [0.05, 0.1) is 13.0 Å². The summed E-state index contributed by atoms with van der Waals surface area (Å²) in [6.07, 6.45) is 7.10. The van der Waals surface area contributed by atoms with Crippen molar-refractivity contribution in [3.05, 3.63) is 138 Å². The average Bonchev–Trinajstić information content (AvgIpc) is 2.91. The third kappa shape index (κ3) is 7.24. The molecular formula is C30H27N3O2. The van der Waals surface area contributed by atoms with Gasteiger partial charge in [-0.05, 0) is 52.6 Å². The molecule has 0 saturated heterocycles. The van der Waals surface area contributed by atoms with Crippen LogP contribution >= 0.6 is 0 Å². The van der Waals surface area contributed by atoms with Crippen LogP contribution < -0.4 is 10.2 Å². The highest BCUT2D eigenvalue weighted by Crippen LogP contribution is 2.20. The molecule has 4 rings (SSSR count). The van der Waals surface area contributed by atoms with Crippen LogP contribution in [0.4, 0.5) is 5.69 Å². The van der Waals surface area contributed by atoms with E-state index in [9.17, 15) is 9.59 Å². The lowest BCUT2D eigenvalue weighted by Gasteiger charge is -2.22. The Bertz CT molecular complexity index is 1260. The molecular weight excluding hydrogens is 434 g/mol. The van der Waals surface area contributed by atoms with Gasteiger partial charge >= 0.3 is 0 Å². The molecule has 0 bridgehead atoms. The minimum absolute atomic E-state index is 0.0578. The number of nitrogens with zero attached hydrogens (tertiary/aromatic N) is 2. The molecule has 0 fully saturated rings. The van der Waals surface area contributed by atoms with Gasteiger partial charge in [0, 0.05) is 30.7 Å². The van der Waals surface area contributed by atoms with E-state index >= 15 is 0 Å². The molecule has 4 aromatic rings. The number of anilines is 1. The van der Waals surface area contributed by atoms with E-state index in [2.05, 4.69) is 10.3 Å².